The molecule has 59 nitrogen and oxygen atoms in total. The van der Waals surface area contributed by atoms with Crippen LogP contribution in [0, 0.1) is 0 Å². The average Bonchev–Trinajstić information content (AvgIpc) is 0.741. The van der Waals surface area contributed by atoms with Crippen LogP contribution in [-0.2, 0) is 113 Å². The Kier molecular flexibility index (Phi) is 40.2. The standard InChI is InChI=1S/C68H118NO58P3/c1-69(105)26-32(88)49(125-128)25(109-57(26)100)13-108-67(65(101)102)3-20(122-68(66(103)104)2-14(77)27(83)45(123-68)16(79)5-71)50(48(124-67)18(81)7-73)117-62-42(98)52(55(126-129)46(115-62)17(80)6-72)120-63-43(99)53(56(127-130)47(116-63)19(82)11-106-59-39(95)35(91)37(93)44(114-59)15(78)4-70)119-61-41(97)51(31(87)24(113-61)12-107-58-38(94)33(89)28(84)21(8-74)110-58)118-64-54(36(92)30(86)23(10-76)112-64)121-60-40(96)34(90)29(85)22(9-75)111-60/h14-64,70-100,105H,2-13,128-130H2,1H3,(H,101,102)(H,103,104)/t14-,15-,16-,17+,18-,19-,20-,21-,22-,23-,24-,25-,26-,27-,28+,29-,30-,31-,32-,33+,34+,35+,36+,37+,38-,39+,40-,41-,42+,43+,44-,45-,46-,47-,48-,49-,50-,51+,52-,53-,54-,55-,56-,57-,58+,59-,60-,61-,62-,63+,64-,67-,68-/m1/s1. The summed E-state index contributed by atoms with van der Waals surface area (Å²) in [5, 5.41) is 379. The Hall–Kier alpha value is -1.97. The molecular weight excluding hydrogens is 1850 g/mol. The summed E-state index contributed by atoms with van der Waals surface area (Å²) >= 11 is 0. The molecule has 10 saturated heterocycles. The van der Waals surface area contributed by atoms with Gasteiger partial charge in [0.1, 0.15) is 250 Å². The smallest absolute Gasteiger partial charge is 0.364 e. The molecule has 10 fully saturated rings. The fourth-order valence-electron chi connectivity index (χ4n) is 16.6. The predicted molar refractivity (Wildman–Crippen MR) is 403 cm³/mol. The average molecular weight is 1970 g/mol. The van der Waals surface area contributed by atoms with Gasteiger partial charge in [0.25, 0.3) is 11.6 Å². The summed E-state index contributed by atoms with van der Waals surface area (Å²) in [4.78, 5) is 27.9. The molecule has 0 aromatic carbocycles. The van der Waals surface area contributed by atoms with Crippen LogP contribution >= 0.6 is 28.4 Å². The van der Waals surface area contributed by atoms with Crippen LogP contribution in [0.15, 0.2) is 0 Å². The van der Waals surface area contributed by atoms with Gasteiger partial charge < -0.3 is 277 Å². The SMILES string of the molecule is CN(O)[C@@H]1[C@@H](O)[C@H](OP)[C@@H](CO[C@]2(C(=O)O)C[C@@H](O[C@]3(C(=O)O)C[C@@H](O)[C@@H](O)[C@@H]([C@H](O)CO)O3)[C@@H](O[C@H]3O[C@H]([C@@H](O)CO)[C@@H](OP)[C@H](O[C@@H]4O[C@H]([C@H](O)CO[C@@H]5O[C@H]([C@H](O)CO)[C@@H](O)[C@H](O)[C@@H]5O)[C@@H](OP)[C@H](O[C@H]5O[C@H](CO[C@H]6O[C@H](CO)[C@H](O)[C@H](O)[C@H]6O)[C@@H](O)[C@H](O[C@H]6O[C@H](CO)[C@@H](O)[C@H](O)[C@H]6O[C@H]6O[C@H](CO)[C@@H](O)[C@H](O)[C@H]6O)[C@H]5O)[C@@H]4O)[C@@H]3O)[C@@H]([C@H](O)CO)O2)O[C@H]1O. The second kappa shape index (κ2) is 47.5. The minimum Gasteiger partial charge on any atom is -0.477 e. The number of carbonyl (C=O) groups is 2. The maximum absolute atomic E-state index is 14.0. The van der Waals surface area contributed by atoms with Gasteiger partial charge >= 0.3 is 11.9 Å². The molecule has 0 saturated carbocycles. The summed E-state index contributed by atoms with van der Waals surface area (Å²) in [6, 6.07) is -1.68. The Morgan fingerprint density at radius 2 is 0.754 bits per heavy atom. The van der Waals surface area contributed by atoms with Gasteiger partial charge in [0.05, 0.1) is 78.3 Å². The third kappa shape index (κ3) is 23.3. The molecule has 10 aliphatic heterocycles. The molecule has 34 N–H and O–H groups in total. The number of likely N-dealkylation sites (N-methyl/N-ethyl adjacent to an activating group) is 1. The molecule has 0 aromatic rings. The molecule has 758 valence electrons. The van der Waals surface area contributed by atoms with E-state index < -0.39 is 415 Å². The Labute approximate surface area is 740 Å². The number of aliphatic hydroxyl groups is 31. The van der Waals surface area contributed by atoms with Crippen LogP contribution in [0.4, 0.5) is 0 Å². The number of nitrogens with zero attached hydrogens (tertiary/aromatic N) is 1. The van der Waals surface area contributed by atoms with Gasteiger partial charge in [0.15, 0.2) is 50.3 Å². The minimum absolute atomic E-state index is 0.329. The van der Waals surface area contributed by atoms with Gasteiger partial charge in [-0.15, -0.1) is 0 Å². The maximum Gasteiger partial charge on any atom is 0.364 e. The Bertz CT molecular complexity index is 3450. The highest BCUT2D eigenvalue weighted by molar-refractivity contribution is 7.10. The normalized spacial score (nSPS) is 48.9. The van der Waals surface area contributed by atoms with E-state index in [9.17, 15) is 183 Å². The minimum atomic E-state index is -3.55. The number of ether oxygens (including phenoxy) is 19. The zero-order valence-electron chi connectivity index (χ0n) is 68.1. The van der Waals surface area contributed by atoms with E-state index in [0.717, 1.165) is 7.05 Å². The first-order valence-corrected chi connectivity index (χ1v) is 41.8. The first kappa shape index (κ1) is 110. The van der Waals surface area contributed by atoms with Crippen molar-refractivity contribution in [1.29, 1.82) is 0 Å². The van der Waals surface area contributed by atoms with Gasteiger partial charge in [-0.1, -0.05) is 0 Å². The lowest BCUT2D eigenvalue weighted by Gasteiger charge is -2.53. The number of hydrogen-bond acceptors (Lipinski definition) is 57. The highest BCUT2D eigenvalue weighted by Crippen LogP contribution is 2.46. The van der Waals surface area contributed by atoms with Gasteiger partial charge in [-0.2, -0.15) is 5.06 Å². The van der Waals surface area contributed by atoms with Crippen molar-refractivity contribution in [3.8, 4) is 0 Å². The molecular formula is C68H118NO58P3. The van der Waals surface area contributed by atoms with Crippen LogP contribution in [0.1, 0.15) is 12.8 Å². The predicted octanol–water partition coefficient (Wildman–Crippen LogP) is -22.3. The second-order valence-corrected chi connectivity index (χ2v) is 33.2. The zero-order chi connectivity index (χ0) is 96.2. The largest absolute Gasteiger partial charge is 0.477 e. The van der Waals surface area contributed by atoms with E-state index in [1.807, 2.05) is 0 Å². The van der Waals surface area contributed by atoms with E-state index in [1.165, 1.54) is 0 Å². The molecule has 62 heteroatoms. The summed E-state index contributed by atoms with van der Waals surface area (Å²) in [6.45, 7) is -12.4. The van der Waals surface area contributed by atoms with E-state index in [4.69, 9.17) is 104 Å². The van der Waals surface area contributed by atoms with Crippen LogP contribution in [0.25, 0.3) is 0 Å². The van der Waals surface area contributed by atoms with Crippen molar-refractivity contribution in [2.75, 3.05) is 73.1 Å². The van der Waals surface area contributed by atoms with Gasteiger partial charge in [-0.25, -0.2) is 9.59 Å². The van der Waals surface area contributed by atoms with E-state index in [1.54, 1.807) is 28.4 Å². The lowest BCUT2D eigenvalue weighted by atomic mass is 9.89. The van der Waals surface area contributed by atoms with Crippen molar-refractivity contribution in [1.82, 2.24) is 5.06 Å². The number of hydrogen-bond donors (Lipinski definition) is 34. The van der Waals surface area contributed by atoms with Gasteiger partial charge in [-0.05, 0) is 0 Å². The number of carboxylic acid groups (broad SMARTS) is 2. The number of rotatable bonds is 39. The third-order valence-corrected chi connectivity index (χ3v) is 24.8. The quantitative estimate of drug-likeness (QED) is 0.0201. The van der Waals surface area contributed by atoms with Crippen molar-refractivity contribution in [2.45, 2.75) is 337 Å². The molecule has 10 aliphatic rings. The molecule has 0 amide bonds. The molecule has 0 bridgehead atoms. The molecule has 0 aromatic heterocycles. The third-order valence-electron chi connectivity index (χ3n) is 23.9. The summed E-state index contributed by atoms with van der Waals surface area (Å²) in [5.74, 6) is -11.6. The molecule has 3 unspecified atom stereocenters. The van der Waals surface area contributed by atoms with Gasteiger partial charge in [0.2, 0.25) is 0 Å². The Balaban J connectivity index is 1.06. The van der Waals surface area contributed by atoms with E-state index in [0.29, 0.717) is 5.06 Å². The molecule has 10 heterocycles. The van der Waals surface area contributed by atoms with Crippen LogP contribution < -0.4 is 0 Å². The zero-order valence-corrected chi connectivity index (χ0v) is 71.6. The fraction of sp³-hybridized carbons (Fsp3) is 0.971. The van der Waals surface area contributed by atoms with Crippen LogP contribution in [0.3, 0.4) is 0 Å². The number of hydroxylamine groups is 2. The van der Waals surface area contributed by atoms with Crippen molar-refractivity contribution in [3.05, 3.63) is 0 Å². The van der Waals surface area contributed by atoms with Crippen molar-refractivity contribution < 1.29 is 287 Å². The molecule has 0 radical (unpaired) electrons. The number of carboxylic acids is 2. The number of aliphatic carboxylic acids is 2. The second-order valence-electron chi connectivity index (χ2n) is 32.4. The first-order valence-electron chi connectivity index (χ1n) is 40.3. The Morgan fingerprint density at radius 3 is 1.26 bits per heavy atom. The van der Waals surface area contributed by atoms with Crippen LogP contribution in [0.2, 0.25) is 0 Å². The summed E-state index contributed by atoms with van der Waals surface area (Å²) in [7, 11) is 6.09. The lowest BCUT2D eigenvalue weighted by Crippen LogP contribution is -2.71. The molecule has 10 rings (SSSR count). The van der Waals surface area contributed by atoms with Gasteiger partial charge in [0, 0.05) is 48.3 Å². The van der Waals surface area contributed by atoms with Crippen LogP contribution in [0.5, 0.6) is 0 Å². The summed E-state index contributed by atoms with van der Waals surface area (Å²) in [6.07, 6.45) is -118. The van der Waals surface area contributed by atoms with Crippen molar-refractivity contribution in [2.24, 2.45) is 0 Å². The molecule has 130 heavy (non-hydrogen) atoms. The van der Waals surface area contributed by atoms with E-state index in [2.05, 4.69) is 0 Å². The van der Waals surface area contributed by atoms with Crippen LogP contribution in [-0.4, -0.2) is 588 Å². The molecule has 56 atom stereocenters. The molecule has 0 aliphatic carbocycles. The number of aliphatic hydroxyl groups excluding tert-OH is 31. The fourth-order valence-corrected chi connectivity index (χ4v) is 17.5. The monoisotopic (exact) mass is 1970 g/mol. The van der Waals surface area contributed by atoms with Gasteiger partial charge in [-0.3, -0.25) is 0 Å². The van der Waals surface area contributed by atoms with E-state index >= 15 is 0 Å². The van der Waals surface area contributed by atoms with E-state index in [-0.39, 0.29) is 0 Å². The summed E-state index contributed by atoms with van der Waals surface area (Å²) < 4.78 is 129. The molecule has 0 spiro atoms. The van der Waals surface area contributed by atoms with Crippen molar-refractivity contribution >= 4 is 40.3 Å². The summed E-state index contributed by atoms with van der Waals surface area (Å²) in [5.41, 5.74) is 0. The highest BCUT2D eigenvalue weighted by Gasteiger charge is 2.66. The lowest BCUT2D eigenvalue weighted by molar-refractivity contribution is -0.410. The first-order chi connectivity index (χ1) is 61.4. The topological polar surface area (TPSA) is 928 Å². The maximum atomic E-state index is 14.0. The van der Waals surface area contributed by atoms with Crippen molar-refractivity contribution in [3.63, 3.8) is 0 Å². The Morgan fingerprint density at radius 1 is 0.354 bits per heavy atom. The highest BCUT2D eigenvalue weighted by atomic mass is 31.0.